The van der Waals surface area contributed by atoms with E-state index in [2.05, 4.69) is 0 Å². The third-order valence-electron chi connectivity index (χ3n) is 3.58. The van der Waals surface area contributed by atoms with E-state index in [1.807, 2.05) is 45.9 Å². The highest BCUT2D eigenvalue weighted by Crippen LogP contribution is 2.28. The molecule has 1 rings (SSSR count). The first-order valence-corrected chi connectivity index (χ1v) is 5.97. The predicted octanol–water partition coefficient (Wildman–Crippen LogP) is 3.51. The van der Waals surface area contributed by atoms with Crippen molar-refractivity contribution >= 4 is 11.6 Å². The summed E-state index contributed by atoms with van der Waals surface area (Å²) in [7, 11) is 0. The van der Waals surface area contributed by atoms with Gasteiger partial charge in [-0.25, -0.2) is 0 Å². The minimum absolute atomic E-state index is 0.00477. The summed E-state index contributed by atoms with van der Waals surface area (Å²) in [5, 5.41) is 0. The monoisotopic (exact) mass is 232 g/mol. The smallest absolute Gasteiger partial charge is 0.170 e. The third-order valence-corrected chi connectivity index (χ3v) is 3.58. The lowest BCUT2D eigenvalue weighted by Crippen LogP contribution is -2.31. The summed E-state index contributed by atoms with van der Waals surface area (Å²) in [5.74, 6) is 0.157. The molecule has 0 aliphatic carbocycles. The zero-order chi connectivity index (χ0) is 13.1. The molecule has 92 valence electrons. The topological polar surface area (TPSA) is 34.1 Å². The van der Waals surface area contributed by atoms with Crippen LogP contribution in [0.1, 0.15) is 44.5 Å². The van der Waals surface area contributed by atoms with Gasteiger partial charge >= 0.3 is 0 Å². The van der Waals surface area contributed by atoms with Crippen LogP contribution in [0.3, 0.4) is 0 Å². The molecular weight excluding hydrogens is 212 g/mol. The Kier molecular flexibility index (Phi) is 4.22. The van der Waals surface area contributed by atoms with Crippen LogP contribution in [0.15, 0.2) is 30.3 Å². The third kappa shape index (κ3) is 3.26. The number of hydrogen-bond acceptors (Lipinski definition) is 2. The highest BCUT2D eigenvalue weighted by Gasteiger charge is 2.32. The van der Waals surface area contributed by atoms with Crippen molar-refractivity contribution < 1.29 is 9.59 Å². The Labute approximate surface area is 103 Å². The second-order valence-corrected chi connectivity index (χ2v) is 5.27. The molecule has 2 nitrogen and oxygen atoms in total. The Morgan fingerprint density at radius 2 is 1.65 bits per heavy atom. The lowest BCUT2D eigenvalue weighted by Gasteiger charge is -2.27. The van der Waals surface area contributed by atoms with Crippen LogP contribution in [0, 0.1) is 11.3 Å². The van der Waals surface area contributed by atoms with Gasteiger partial charge in [-0.05, 0) is 5.92 Å². The summed E-state index contributed by atoms with van der Waals surface area (Å²) in [6.07, 6.45) is -0.00477. The van der Waals surface area contributed by atoms with Crippen molar-refractivity contribution in [1.82, 2.24) is 0 Å². The molecule has 0 heterocycles. The Morgan fingerprint density at radius 3 is 2.12 bits per heavy atom. The molecule has 0 aliphatic heterocycles. The van der Waals surface area contributed by atoms with Gasteiger partial charge in [0.15, 0.2) is 5.78 Å². The molecule has 2 heteroatoms. The normalized spacial score (nSPS) is 11.6. The Balaban J connectivity index is 2.74. The zero-order valence-electron chi connectivity index (χ0n) is 11.0. The summed E-state index contributed by atoms with van der Waals surface area (Å²) in [4.78, 5) is 24.0. The fourth-order valence-corrected chi connectivity index (χ4v) is 1.42. The van der Waals surface area contributed by atoms with Gasteiger partial charge in [0.05, 0.1) is 6.42 Å². The molecule has 17 heavy (non-hydrogen) atoms. The summed E-state index contributed by atoms with van der Waals surface area (Å²) in [6, 6.07) is 8.98. The van der Waals surface area contributed by atoms with Crippen molar-refractivity contribution in [2.24, 2.45) is 11.3 Å². The second-order valence-electron chi connectivity index (χ2n) is 5.27. The van der Waals surface area contributed by atoms with E-state index in [0.717, 1.165) is 0 Å². The molecule has 0 radical (unpaired) electrons. The molecule has 0 N–H and O–H groups in total. The van der Waals surface area contributed by atoms with Crippen LogP contribution in [0.4, 0.5) is 0 Å². The lowest BCUT2D eigenvalue weighted by atomic mass is 9.75. The van der Waals surface area contributed by atoms with Crippen LogP contribution >= 0.6 is 0 Å². The predicted molar refractivity (Wildman–Crippen MR) is 69.0 cm³/mol. The van der Waals surface area contributed by atoms with Gasteiger partial charge in [-0.3, -0.25) is 9.59 Å². The van der Waals surface area contributed by atoms with Crippen molar-refractivity contribution in [3.63, 3.8) is 0 Å². The molecule has 0 amide bonds. The molecule has 0 saturated heterocycles. The minimum Gasteiger partial charge on any atom is -0.299 e. The van der Waals surface area contributed by atoms with Gasteiger partial charge in [0.1, 0.15) is 5.78 Å². The molecule has 0 spiro atoms. The number of hydrogen-bond donors (Lipinski definition) is 0. The van der Waals surface area contributed by atoms with Crippen LogP contribution in [-0.2, 0) is 4.79 Å². The Morgan fingerprint density at radius 1 is 1.12 bits per heavy atom. The van der Waals surface area contributed by atoms with Gasteiger partial charge in [-0.15, -0.1) is 0 Å². The second kappa shape index (κ2) is 5.26. The number of benzene rings is 1. The highest BCUT2D eigenvalue weighted by molar-refractivity contribution is 6.09. The lowest BCUT2D eigenvalue weighted by molar-refractivity contribution is -0.128. The standard InChI is InChI=1S/C15H20O2/c1-11(2)15(3,4)14(17)10-13(16)12-8-6-5-7-9-12/h5-9,11H,10H2,1-4H3. The first kappa shape index (κ1) is 13.6. The quantitative estimate of drug-likeness (QED) is 0.575. The number of ketones is 2. The van der Waals surface area contributed by atoms with E-state index in [0.29, 0.717) is 5.56 Å². The molecule has 0 aromatic heterocycles. The molecular formula is C15H20O2. The van der Waals surface area contributed by atoms with Gasteiger partial charge < -0.3 is 0 Å². The molecule has 0 fully saturated rings. The summed E-state index contributed by atoms with van der Waals surface area (Å²) in [6.45, 7) is 7.81. The van der Waals surface area contributed by atoms with Crippen LogP contribution < -0.4 is 0 Å². The first-order valence-electron chi connectivity index (χ1n) is 5.97. The average molecular weight is 232 g/mol. The SMILES string of the molecule is CC(C)C(C)(C)C(=O)CC(=O)c1ccccc1. The van der Waals surface area contributed by atoms with Crippen LogP contribution in [-0.4, -0.2) is 11.6 Å². The molecule has 0 bridgehead atoms. The van der Waals surface area contributed by atoms with Crippen LogP contribution in [0.2, 0.25) is 0 Å². The highest BCUT2D eigenvalue weighted by atomic mass is 16.1. The van der Waals surface area contributed by atoms with Crippen molar-refractivity contribution in [3.8, 4) is 0 Å². The van der Waals surface area contributed by atoms with Crippen molar-refractivity contribution in [1.29, 1.82) is 0 Å². The van der Waals surface area contributed by atoms with Crippen LogP contribution in [0.25, 0.3) is 0 Å². The molecule has 0 unspecified atom stereocenters. The fourth-order valence-electron chi connectivity index (χ4n) is 1.42. The molecule has 0 atom stereocenters. The van der Waals surface area contributed by atoms with E-state index >= 15 is 0 Å². The number of carbonyl (C=O) groups is 2. The molecule has 1 aromatic rings. The maximum atomic E-state index is 12.1. The first-order chi connectivity index (χ1) is 7.85. The summed E-state index contributed by atoms with van der Waals surface area (Å²) in [5.41, 5.74) is 0.171. The van der Waals surface area contributed by atoms with Crippen LogP contribution in [0.5, 0.6) is 0 Å². The zero-order valence-corrected chi connectivity index (χ0v) is 11.0. The van der Waals surface area contributed by atoms with Gasteiger partial charge in [-0.2, -0.15) is 0 Å². The van der Waals surface area contributed by atoms with Gasteiger partial charge in [0.25, 0.3) is 0 Å². The van der Waals surface area contributed by atoms with E-state index in [1.54, 1.807) is 12.1 Å². The fraction of sp³-hybridized carbons (Fsp3) is 0.467. The van der Waals surface area contributed by atoms with E-state index in [-0.39, 0.29) is 23.9 Å². The minimum atomic E-state index is -0.440. The Hall–Kier alpha value is -1.44. The molecule has 0 aliphatic rings. The van der Waals surface area contributed by atoms with Gasteiger partial charge in [0, 0.05) is 11.0 Å². The van der Waals surface area contributed by atoms with E-state index in [1.165, 1.54) is 0 Å². The maximum Gasteiger partial charge on any atom is 0.170 e. The van der Waals surface area contributed by atoms with Crippen molar-refractivity contribution in [2.45, 2.75) is 34.1 Å². The largest absolute Gasteiger partial charge is 0.299 e. The van der Waals surface area contributed by atoms with E-state index < -0.39 is 5.41 Å². The van der Waals surface area contributed by atoms with Crippen molar-refractivity contribution in [2.75, 3.05) is 0 Å². The van der Waals surface area contributed by atoms with Gasteiger partial charge in [0.2, 0.25) is 0 Å². The number of carbonyl (C=O) groups excluding carboxylic acids is 2. The van der Waals surface area contributed by atoms with E-state index in [4.69, 9.17) is 0 Å². The Bertz CT molecular complexity index is 402. The average Bonchev–Trinajstić information content (AvgIpc) is 2.29. The van der Waals surface area contributed by atoms with Crippen molar-refractivity contribution in [3.05, 3.63) is 35.9 Å². The summed E-state index contributed by atoms with van der Waals surface area (Å²) < 4.78 is 0. The summed E-state index contributed by atoms with van der Waals surface area (Å²) >= 11 is 0. The number of Topliss-reactive ketones (excluding diaryl/α,β-unsaturated/α-hetero) is 2. The molecule has 0 saturated carbocycles. The number of rotatable bonds is 5. The molecule has 1 aromatic carbocycles. The maximum absolute atomic E-state index is 12.1. The van der Waals surface area contributed by atoms with Gasteiger partial charge in [-0.1, -0.05) is 58.0 Å². The van der Waals surface area contributed by atoms with E-state index in [9.17, 15) is 9.59 Å².